The Morgan fingerprint density at radius 2 is 1.70 bits per heavy atom. The number of methoxy groups -OCH3 is 1. The smallest absolute Gasteiger partial charge is 0.251 e. The number of para-hydroxylation sites is 2. The Morgan fingerprint density at radius 3 is 2.40 bits per heavy atom. The highest BCUT2D eigenvalue weighted by Crippen LogP contribution is 2.23. The Labute approximate surface area is 118 Å². The molecular weight excluding hydrogens is 250 g/mol. The molecule has 102 valence electrons. The summed E-state index contributed by atoms with van der Waals surface area (Å²) in [6, 6.07) is 17.1. The van der Waals surface area contributed by atoms with Gasteiger partial charge in [-0.3, -0.25) is 4.79 Å². The van der Waals surface area contributed by atoms with Crippen LogP contribution >= 0.6 is 0 Å². The molecule has 0 heterocycles. The second-order valence-electron chi connectivity index (χ2n) is 4.39. The average Bonchev–Trinajstić information content (AvgIpc) is 2.48. The van der Waals surface area contributed by atoms with Crippen LogP contribution < -0.4 is 10.1 Å². The molecule has 20 heavy (non-hydrogen) atoms. The lowest BCUT2D eigenvalue weighted by atomic mass is 10.1. The normalized spacial score (nSPS) is 11.0. The Hall–Kier alpha value is -2.55. The van der Waals surface area contributed by atoms with E-state index in [1.807, 2.05) is 60.7 Å². The summed E-state index contributed by atoms with van der Waals surface area (Å²) in [5.41, 5.74) is 2.31. The van der Waals surface area contributed by atoms with E-state index in [9.17, 15) is 4.79 Å². The monoisotopic (exact) mass is 267 g/mol. The molecule has 2 rings (SSSR count). The fourth-order valence-electron chi connectivity index (χ4n) is 1.83. The van der Waals surface area contributed by atoms with Crippen molar-refractivity contribution in [1.82, 2.24) is 0 Å². The van der Waals surface area contributed by atoms with E-state index >= 15 is 0 Å². The third kappa shape index (κ3) is 3.48. The molecule has 0 aromatic heterocycles. The number of benzene rings is 2. The number of amides is 1. The quantitative estimate of drug-likeness (QED) is 0.857. The molecule has 0 spiro atoms. The van der Waals surface area contributed by atoms with Crippen molar-refractivity contribution in [3.8, 4) is 5.75 Å². The van der Waals surface area contributed by atoms with Gasteiger partial charge in [-0.15, -0.1) is 0 Å². The topological polar surface area (TPSA) is 38.3 Å². The van der Waals surface area contributed by atoms with Crippen LogP contribution in [0.15, 0.2) is 60.2 Å². The fourth-order valence-corrected chi connectivity index (χ4v) is 1.83. The SMILES string of the molecule is COc1ccccc1NC(=O)/C(C)=C\c1ccccc1. The standard InChI is InChI=1S/C17H17NO2/c1-13(12-14-8-4-3-5-9-14)17(19)18-15-10-6-7-11-16(15)20-2/h3-12H,1-2H3,(H,18,19)/b13-12-. The van der Waals surface area contributed by atoms with Gasteiger partial charge >= 0.3 is 0 Å². The van der Waals surface area contributed by atoms with Gasteiger partial charge in [0.15, 0.2) is 0 Å². The van der Waals surface area contributed by atoms with Crippen LogP contribution in [0, 0.1) is 0 Å². The molecule has 1 N–H and O–H groups in total. The van der Waals surface area contributed by atoms with Gasteiger partial charge in [0.1, 0.15) is 5.75 Å². The zero-order valence-corrected chi connectivity index (χ0v) is 11.6. The van der Waals surface area contributed by atoms with Crippen LogP contribution in [-0.4, -0.2) is 13.0 Å². The molecule has 0 saturated heterocycles. The Kier molecular flexibility index (Phi) is 4.56. The van der Waals surface area contributed by atoms with E-state index in [1.54, 1.807) is 14.0 Å². The Bertz CT molecular complexity index is 618. The molecule has 2 aromatic rings. The molecule has 3 heteroatoms. The van der Waals surface area contributed by atoms with Crippen molar-refractivity contribution in [3.63, 3.8) is 0 Å². The van der Waals surface area contributed by atoms with Gasteiger partial charge in [-0.1, -0.05) is 42.5 Å². The zero-order chi connectivity index (χ0) is 14.4. The third-order valence-corrected chi connectivity index (χ3v) is 2.90. The van der Waals surface area contributed by atoms with E-state index in [-0.39, 0.29) is 5.91 Å². The number of carbonyl (C=O) groups is 1. The maximum absolute atomic E-state index is 12.1. The van der Waals surface area contributed by atoms with Gasteiger partial charge in [-0.05, 0) is 30.7 Å². The summed E-state index contributed by atoms with van der Waals surface area (Å²) in [6.45, 7) is 1.79. The lowest BCUT2D eigenvalue weighted by molar-refractivity contribution is -0.112. The number of hydrogen-bond donors (Lipinski definition) is 1. The van der Waals surface area contributed by atoms with Gasteiger partial charge in [0.2, 0.25) is 0 Å². The fraction of sp³-hybridized carbons (Fsp3) is 0.118. The van der Waals surface area contributed by atoms with Crippen LogP contribution in [-0.2, 0) is 4.79 Å². The van der Waals surface area contributed by atoms with Gasteiger partial charge in [0, 0.05) is 5.57 Å². The summed E-state index contributed by atoms with van der Waals surface area (Å²) >= 11 is 0. The number of hydrogen-bond acceptors (Lipinski definition) is 2. The number of nitrogens with one attached hydrogen (secondary N) is 1. The predicted octanol–water partition coefficient (Wildman–Crippen LogP) is 3.74. The van der Waals surface area contributed by atoms with E-state index in [0.29, 0.717) is 17.0 Å². The molecular formula is C17H17NO2. The van der Waals surface area contributed by atoms with Crippen LogP contribution in [0.1, 0.15) is 12.5 Å². The highest BCUT2D eigenvalue weighted by molar-refractivity contribution is 6.06. The molecule has 0 unspecified atom stereocenters. The molecule has 0 radical (unpaired) electrons. The van der Waals surface area contributed by atoms with Gasteiger partial charge in [-0.2, -0.15) is 0 Å². The maximum atomic E-state index is 12.1. The second kappa shape index (κ2) is 6.57. The van der Waals surface area contributed by atoms with Crippen molar-refractivity contribution in [1.29, 1.82) is 0 Å². The van der Waals surface area contributed by atoms with E-state index in [2.05, 4.69) is 5.32 Å². The first-order chi connectivity index (χ1) is 9.70. The molecule has 0 atom stereocenters. The Morgan fingerprint density at radius 1 is 1.05 bits per heavy atom. The molecule has 3 nitrogen and oxygen atoms in total. The molecule has 0 bridgehead atoms. The highest BCUT2D eigenvalue weighted by Gasteiger charge is 2.08. The summed E-state index contributed by atoms with van der Waals surface area (Å²) < 4.78 is 5.21. The van der Waals surface area contributed by atoms with Crippen molar-refractivity contribution < 1.29 is 9.53 Å². The lowest BCUT2D eigenvalue weighted by Crippen LogP contribution is -2.13. The van der Waals surface area contributed by atoms with Crippen molar-refractivity contribution >= 4 is 17.7 Å². The van der Waals surface area contributed by atoms with Gasteiger partial charge in [-0.25, -0.2) is 0 Å². The molecule has 0 aliphatic carbocycles. The molecule has 0 fully saturated rings. The first kappa shape index (κ1) is 13.9. The second-order valence-corrected chi connectivity index (χ2v) is 4.39. The van der Waals surface area contributed by atoms with Crippen molar-refractivity contribution in [2.45, 2.75) is 6.92 Å². The largest absolute Gasteiger partial charge is 0.495 e. The average molecular weight is 267 g/mol. The summed E-state index contributed by atoms with van der Waals surface area (Å²) in [6.07, 6.45) is 1.85. The lowest BCUT2D eigenvalue weighted by Gasteiger charge is -2.10. The highest BCUT2D eigenvalue weighted by atomic mass is 16.5. The summed E-state index contributed by atoms with van der Waals surface area (Å²) in [4.78, 5) is 12.1. The van der Waals surface area contributed by atoms with Crippen LogP contribution in [0.25, 0.3) is 6.08 Å². The summed E-state index contributed by atoms with van der Waals surface area (Å²) in [7, 11) is 1.58. The summed E-state index contributed by atoms with van der Waals surface area (Å²) in [5, 5.41) is 2.85. The third-order valence-electron chi connectivity index (χ3n) is 2.90. The van der Waals surface area contributed by atoms with Crippen LogP contribution in [0.4, 0.5) is 5.69 Å². The van der Waals surface area contributed by atoms with Gasteiger partial charge < -0.3 is 10.1 Å². The molecule has 0 saturated carbocycles. The number of anilines is 1. The minimum atomic E-state index is -0.140. The van der Waals surface area contributed by atoms with Crippen molar-refractivity contribution in [3.05, 3.63) is 65.7 Å². The minimum absolute atomic E-state index is 0.140. The number of ether oxygens (including phenoxy) is 1. The van der Waals surface area contributed by atoms with E-state index in [4.69, 9.17) is 4.74 Å². The van der Waals surface area contributed by atoms with Crippen LogP contribution in [0.3, 0.4) is 0 Å². The molecule has 1 amide bonds. The van der Waals surface area contributed by atoms with Crippen LogP contribution in [0.2, 0.25) is 0 Å². The zero-order valence-electron chi connectivity index (χ0n) is 11.6. The first-order valence-corrected chi connectivity index (χ1v) is 6.38. The Balaban J connectivity index is 2.14. The van der Waals surface area contributed by atoms with E-state index < -0.39 is 0 Å². The number of rotatable bonds is 4. The molecule has 0 aliphatic heterocycles. The van der Waals surface area contributed by atoms with Crippen molar-refractivity contribution in [2.24, 2.45) is 0 Å². The maximum Gasteiger partial charge on any atom is 0.251 e. The first-order valence-electron chi connectivity index (χ1n) is 6.38. The van der Waals surface area contributed by atoms with Gasteiger partial charge in [0.25, 0.3) is 5.91 Å². The van der Waals surface area contributed by atoms with Crippen molar-refractivity contribution in [2.75, 3.05) is 12.4 Å². The summed E-state index contributed by atoms with van der Waals surface area (Å²) in [5.74, 6) is 0.506. The van der Waals surface area contributed by atoms with Gasteiger partial charge in [0.05, 0.1) is 12.8 Å². The van der Waals surface area contributed by atoms with E-state index in [0.717, 1.165) is 5.56 Å². The van der Waals surface area contributed by atoms with Crippen LogP contribution in [0.5, 0.6) is 5.75 Å². The minimum Gasteiger partial charge on any atom is -0.495 e. The predicted molar refractivity (Wildman–Crippen MR) is 81.7 cm³/mol. The number of carbonyl (C=O) groups excluding carboxylic acids is 1. The molecule has 2 aromatic carbocycles. The van der Waals surface area contributed by atoms with E-state index in [1.165, 1.54) is 0 Å². The molecule has 0 aliphatic rings.